The van der Waals surface area contributed by atoms with Crippen LogP contribution in [0.3, 0.4) is 0 Å². The lowest BCUT2D eigenvalue weighted by Gasteiger charge is -2.22. The molecule has 3 rings (SSSR count). The van der Waals surface area contributed by atoms with Crippen molar-refractivity contribution in [2.75, 3.05) is 25.9 Å². The molecule has 1 aliphatic rings. The van der Waals surface area contributed by atoms with Gasteiger partial charge in [0.15, 0.2) is 0 Å². The third kappa shape index (κ3) is 5.65. The third-order valence-corrected chi connectivity index (χ3v) is 7.77. The highest BCUT2D eigenvalue weighted by atomic mass is 32.2. The zero-order valence-corrected chi connectivity index (χ0v) is 19.3. The Balaban J connectivity index is 1.79. The van der Waals surface area contributed by atoms with E-state index in [0.717, 1.165) is 49.2 Å². The van der Waals surface area contributed by atoms with Crippen LogP contribution >= 0.6 is 11.8 Å². The van der Waals surface area contributed by atoms with Gasteiger partial charge in [0.25, 0.3) is 5.91 Å². The summed E-state index contributed by atoms with van der Waals surface area (Å²) in [6.45, 7) is 3.75. The van der Waals surface area contributed by atoms with Crippen molar-refractivity contribution in [2.24, 2.45) is 0 Å². The van der Waals surface area contributed by atoms with E-state index in [4.69, 9.17) is 0 Å². The molecule has 1 heterocycles. The lowest BCUT2D eigenvalue weighted by Crippen LogP contribution is -2.32. The quantitative estimate of drug-likeness (QED) is 0.636. The van der Waals surface area contributed by atoms with Gasteiger partial charge in [-0.2, -0.15) is 0 Å². The summed E-state index contributed by atoms with van der Waals surface area (Å²) in [4.78, 5) is 16.0. The average molecular weight is 447 g/mol. The zero-order valence-electron chi connectivity index (χ0n) is 17.6. The molecule has 1 saturated heterocycles. The minimum Gasteiger partial charge on any atom is -0.339 e. The second-order valence-electron chi connectivity index (χ2n) is 7.73. The van der Waals surface area contributed by atoms with Gasteiger partial charge in [0.2, 0.25) is 10.0 Å². The maximum absolute atomic E-state index is 13.2. The Bertz CT molecular complexity index is 954. The van der Waals surface area contributed by atoms with Crippen molar-refractivity contribution in [1.82, 2.24) is 9.62 Å². The molecular formula is C23H30N2O3S2. The van der Waals surface area contributed by atoms with E-state index in [1.165, 1.54) is 17.8 Å². The van der Waals surface area contributed by atoms with E-state index in [-0.39, 0.29) is 16.7 Å². The third-order valence-electron chi connectivity index (χ3n) is 5.55. The predicted octanol–water partition coefficient (Wildman–Crippen LogP) is 4.51. The lowest BCUT2D eigenvalue weighted by atomic mass is 10.0. The van der Waals surface area contributed by atoms with Crippen LogP contribution in [0.1, 0.15) is 54.4 Å². The summed E-state index contributed by atoms with van der Waals surface area (Å²) in [6, 6.07) is 14.7. The van der Waals surface area contributed by atoms with Crippen LogP contribution in [0.5, 0.6) is 0 Å². The van der Waals surface area contributed by atoms with Gasteiger partial charge in [0.05, 0.1) is 10.5 Å². The molecule has 0 aliphatic carbocycles. The smallest absolute Gasteiger partial charge is 0.255 e. The number of hydrogen-bond donors (Lipinski definition) is 1. The molecule has 1 fully saturated rings. The molecule has 2 aromatic rings. The van der Waals surface area contributed by atoms with Gasteiger partial charge in [-0.3, -0.25) is 4.79 Å². The van der Waals surface area contributed by atoms with Crippen molar-refractivity contribution in [2.45, 2.75) is 48.3 Å². The van der Waals surface area contributed by atoms with Gasteiger partial charge in [-0.1, -0.05) is 50.1 Å². The molecule has 2 aromatic carbocycles. The van der Waals surface area contributed by atoms with Crippen LogP contribution in [0, 0.1) is 0 Å². The number of carbonyl (C=O) groups excluding carboxylic acids is 1. The number of hydrogen-bond acceptors (Lipinski definition) is 4. The monoisotopic (exact) mass is 446 g/mol. The normalized spacial score (nSPS) is 16.1. The summed E-state index contributed by atoms with van der Waals surface area (Å²) in [5, 5.41) is 0. The van der Waals surface area contributed by atoms with Crippen LogP contribution in [-0.4, -0.2) is 45.1 Å². The SMILES string of the molecule is CSc1ccc(S(=O)(=O)NCC(C)c2ccccc2)cc1C(=O)N1CCCCCC1. The molecule has 1 atom stereocenters. The van der Waals surface area contributed by atoms with Crippen LogP contribution in [0.4, 0.5) is 0 Å². The molecule has 0 spiro atoms. The van der Waals surface area contributed by atoms with Gasteiger partial charge in [0.1, 0.15) is 0 Å². The lowest BCUT2D eigenvalue weighted by molar-refractivity contribution is 0.0758. The Morgan fingerprint density at radius 2 is 1.73 bits per heavy atom. The molecule has 0 aromatic heterocycles. The maximum Gasteiger partial charge on any atom is 0.255 e. The number of rotatable bonds is 7. The number of sulfonamides is 1. The number of benzene rings is 2. The number of nitrogens with one attached hydrogen (secondary N) is 1. The average Bonchev–Trinajstić information content (AvgIpc) is 3.06. The van der Waals surface area contributed by atoms with Crippen LogP contribution in [-0.2, 0) is 10.0 Å². The molecule has 1 aliphatic heterocycles. The highest BCUT2D eigenvalue weighted by Gasteiger charge is 2.23. The van der Waals surface area contributed by atoms with Crippen molar-refractivity contribution in [3.8, 4) is 0 Å². The summed E-state index contributed by atoms with van der Waals surface area (Å²) in [6.07, 6.45) is 6.17. The van der Waals surface area contributed by atoms with E-state index in [1.807, 2.05) is 48.4 Å². The van der Waals surface area contributed by atoms with Gasteiger partial charge >= 0.3 is 0 Å². The molecule has 1 unspecified atom stereocenters. The molecule has 0 bridgehead atoms. The first kappa shape index (κ1) is 22.8. The minimum absolute atomic E-state index is 0.0460. The largest absolute Gasteiger partial charge is 0.339 e. The Morgan fingerprint density at radius 1 is 1.07 bits per heavy atom. The number of likely N-dealkylation sites (tertiary alicyclic amines) is 1. The molecule has 0 saturated carbocycles. The fourth-order valence-electron chi connectivity index (χ4n) is 3.68. The summed E-state index contributed by atoms with van der Waals surface area (Å²) in [5.74, 6) is -0.0272. The first-order valence-corrected chi connectivity index (χ1v) is 13.1. The first-order chi connectivity index (χ1) is 14.4. The van der Waals surface area contributed by atoms with Crippen LogP contribution in [0.25, 0.3) is 0 Å². The predicted molar refractivity (Wildman–Crippen MR) is 123 cm³/mol. The molecule has 1 amide bonds. The van der Waals surface area contributed by atoms with Crippen LogP contribution in [0.15, 0.2) is 58.3 Å². The van der Waals surface area contributed by atoms with E-state index in [2.05, 4.69) is 4.72 Å². The van der Waals surface area contributed by atoms with E-state index < -0.39 is 10.0 Å². The fraction of sp³-hybridized carbons (Fsp3) is 0.435. The highest BCUT2D eigenvalue weighted by Crippen LogP contribution is 2.26. The Hall–Kier alpha value is -1.83. The van der Waals surface area contributed by atoms with Crippen molar-refractivity contribution in [1.29, 1.82) is 0 Å². The summed E-state index contributed by atoms with van der Waals surface area (Å²) in [7, 11) is -3.71. The van der Waals surface area contributed by atoms with Crippen LogP contribution in [0.2, 0.25) is 0 Å². The van der Waals surface area contributed by atoms with E-state index >= 15 is 0 Å². The first-order valence-electron chi connectivity index (χ1n) is 10.4. The Morgan fingerprint density at radius 3 is 2.37 bits per heavy atom. The van der Waals surface area contributed by atoms with E-state index in [0.29, 0.717) is 12.1 Å². The van der Waals surface area contributed by atoms with Crippen LogP contribution < -0.4 is 4.72 Å². The molecule has 7 heteroatoms. The van der Waals surface area contributed by atoms with Gasteiger partial charge in [-0.05, 0) is 48.8 Å². The number of thioether (sulfide) groups is 1. The molecule has 162 valence electrons. The van der Waals surface area contributed by atoms with E-state index in [9.17, 15) is 13.2 Å². The summed E-state index contributed by atoms with van der Waals surface area (Å²) in [5.41, 5.74) is 1.55. The number of amides is 1. The van der Waals surface area contributed by atoms with Gasteiger partial charge in [-0.15, -0.1) is 11.8 Å². The topological polar surface area (TPSA) is 66.5 Å². The molecule has 1 N–H and O–H groups in total. The van der Waals surface area contributed by atoms with E-state index in [1.54, 1.807) is 12.1 Å². The molecule has 5 nitrogen and oxygen atoms in total. The van der Waals surface area contributed by atoms with Crippen molar-refractivity contribution in [3.63, 3.8) is 0 Å². The second-order valence-corrected chi connectivity index (χ2v) is 10.3. The highest BCUT2D eigenvalue weighted by molar-refractivity contribution is 7.98. The van der Waals surface area contributed by atoms with Crippen molar-refractivity contribution < 1.29 is 13.2 Å². The number of carbonyl (C=O) groups is 1. The Kier molecular flexibility index (Phi) is 7.97. The fourth-order valence-corrected chi connectivity index (χ4v) is 5.41. The summed E-state index contributed by atoms with van der Waals surface area (Å²) >= 11 is 1.47. The zero-order chi connectivity index (χ0) is 21.6. The minimum atomic E-state index is -3.71. The standard InChI is InChI=1S/C23H30N2O3S2/c1-18(19-10-6-5-7-11-19)17-24-30(27,28)20-12-13-22(29-2)21(16-20)23(26)25-14-8-3-4-9-15-25/h5-7,10-13,16,18,24H,3-4,8-9,14-15,17H2,1-2H3. The molecule has 0 radical (unpaired) electrons. The maximum atomic E-state index is 13.2. The van der Waals surface area contributed by atoms with Gasteiger partial charge in [-0.25, -0.2) is 13.1 Å². The number of nitrogens with zero attached hydrogens (tertiary/aromatic N) is 1. The molecule has 30 heavy (non-hydrogen) atoms. The van der Waals surface area contributed by atoms with Gasteiger partial charge < -0.3 is 4.90 Å². The molecular weight excluding hydrogens is 416 g/mol. The van der Waals surface area contributed by atoms with Crippen molar-refractivity contribution >= 4 is 27.7 Å². The second kappa shape index (κ2) is 10.5. The van der Waals surface area contributed by atoms with Gasteiger partial charge in [0, 0.05) is 24.5 Å². The van der Waals surface area contributed by atoms with Crippen molar-refractivity contribution in [3.05, 3.63) is 59.7 Å². The Labute approximate surface area is 184 Å². The summed E-state index contributed by atoms with van der Waals surface area (Å²) < 4.78 is 28.6.